The number of ether oxygens (including phenoxy) is 1. The van der Waals surface area contributed by atoms with Crippen molar-refractivity contribution in [3.8, 4) is 33.5 Å². The maximum atomic E-state index is 14.4. The van der Waals surface area contributed by atoms with Crippen molar-refractivity contribution in [2.75, 3.05) is 6.61 Å². The van der Waals surface area contributed by atoms with Crippen LogP contribution in [0.4, 0.5) is 22.0 Å². The number of nitriles is 1. The van der Waals surface area contributed by atoms with Gasteiger partial charge >= 0.3 is 6.18 Å². The molecule has 4 aromatic rings. The third kappa shape index (κ3) is 5.48. The van der Waals surface area contributed by atoms with Crippen molar-refractivity contribution in [3.05, 3.63) is 98.2 Å². The van der Waals surface area contributed by atoms with Crippen LogP contribution in [0.1, 0.15) is 36.1 Å². The molecular weight excluding hydrogens is 523 g/mol. The lowest BCUT2D eigenvalue weighted by atomic mass is 10.0. The number of nitrogens with zero attached hydrogens (tertiary/aromatic N) is 2. The molecule has 0 bridgehead atoms. The Hall–Kier alpha value is -3.97. The van der Waals surface area contributed by atoms with E-state index in [9.17, 15) is 32.0 Å². The first-order valence-corrected chi connectivity index (χ1v) is 12.5. The minimum atomic E-state index is -4.97. The average Bonchev–Trinajstić information content (AvgIpc) is 3.36. The molecule has 0 amide bonds. The van der Waals surface area contributed by atoms with Gasteiger partial charge in [0.1, 0.15) is 29.0 Å². The summed E-state index contributed by atoms with van der Waals surface area (Å²) in [7, 11) is 0. The number of hydrogen-bond acceptors (Lipinski definition) is 4. The lowest BCUT2D eigenvalue weighted by Gasteiger charge is -2.17. The van der Waals surface area contributed by atoms with Gasteiger partial charge in [0.25, 0.3) is 5.56 Å². The number of thiophene rings is 1. The molecule has 4 rings (SSSR count). The van der Waals surface area contributed by atoms with Crippen molar-refractivity contribution in [1.82, 2.24) is 4.57 Å². The summed E-state index contributed by atoms with van der Waals surface area (Å²) >= 11 is 1.10. The number of benzene rings is 2. The van der Waals surface area contributed by atoms with Crippen LogP contribution < -0.4 is 10.3 Å². The van der Waals surface area contributed by atoms with Crippen molar-refractivity contribution >= 4 is 11.3 Å². The Balaban J connectivity index is 1.91. The van der Waals surface area contributed by atoms with Crippen molar-refractivity contribution in [3.63, 3.8) is 0 Å². The molecule has 38 heavy (non-hydrogen) atoms. The molecule has 2 aromatic carbocycles. The predicted octanol–water partition coefficient (Wildman–Crippen LogP) is 7.42. The molecule has 0 atom stereocenters. The van der Waals surface area contributed by atoms with Gasteiger partial charge in [-0.2, -0.15) is 18.4 Å². The summed E-state index contributed by atoms with van der Waals surface area (Å²) in [5.74, 6) is -1.16. The molecule has 0 radical (unpaired) electrons. The number of pyridine rings is 1. The predicted molar refractivity (Wildman–Crippen MR) is 135 cm³/mol. The van der Waals surface area contributed by atoms with Gasteiger partial charge in [-0.15, -0.1) is 11.3 Å². The highest BCUT2D eigenvalue weighted by molar-refractivity contribution is 7.14. The Morgan fingerprint density at radius 2 is 1.79 bits per heavy atom. The molecule has 0 unspecified atom stereocenters. The van der Waals surface area contributed by atoms with E-state index in [2.05, 4.69) is 0 Å². The summed E-state index contributed by atoms with van der Waals surface area (Å²) in [6.07, 6.45) is -4.24. The van der Waals surface area contributed by atoms with Crippen molar-refractivity contribution in [2.45, 2.75) is 33.0 Å². The number of aromatic nitrogens is 1. The smallest absolute Gasteiger partial charge is 0.417 e. The van der Waals surface area contributed by atoms with E-state index in [1.165, 1.54) is 6.07 Å². The van der Waals surface area contributed by atoms with Gasteiger partial charge in [0, 0.05) is 11.6 Å². The average molecular weight is 545 g/mol. The SMILES string of the molecule is CCOc1cc(CC)cc(-c2csc(-c3cc(C(F)(F)F)c(C#N)c(=O)n3Cc3ccc(F)cc3F)c2)c1. The van der Waals surface area contributed by atoms with Gasteiger partial charge in [0.15, 0.2) is 0 Å². The van der Waals surface area contributed by atoms with E-state index in [0.717, 1.165) is 51.7 Å². The van der Waals surface area contributed by atoms with E-state index in [1.807, 2.05) is 32.0 Å². The molecule has 10 heteroatoms. The first kappa shape index (κ1) is 27.1. The number of rotatable bonds is 7. The van der Waals surface area contributed by atoms with Crippen LogP contribution in [-0.4, -0.2) is 11.2 Å². The first-order valence-electron chi connectivity index (χ1n) is 11.6. The van der Waals surface area contributed by atoms with E-state index >= 15 is 0 Å². The topological polar surface area (TPSA) is 55.0 Å². The van der Waals surface area contributed by atoms with Gasteiger partial charge in [-0.1, -0.05) is 19.1 Å². The maximum Gasteiger partial charge on any atom is 0.417 e. The second-order valence-corrected chi connectivity index (χ2v) is 9.32. The molecule has 0 aliphatic heterocycles. The van der Waals surface area contributed by atoms with Crippen LogP contribution in [0.25, 0.3) is 21.7 Å². The van der Waals surface area contributed by atoms with Crippen LogP contribution >= 0.6 is 11.3 Å². The molecule has 0 aliphatic rings. The van der Waals surface area contributed by atoms with Crippen LogP contribution in [0.3, 0.4) is 0 Å². The molecule has 196 valence electrons. The first-order chi connectivity index (χ1) is 18.0. The third-order valence-corrected chi connectivity index (χ3v) is 6.88. The molecule has 0 saturated carbocycles. The van der Waals surface area contributed by atoms with Gasteiger partial charge in [0.2, 0.25) is 0 Å². The minimum Gasteiger partial charge on any atom is -0.494 e. The Bertz CT molecular complexity index is 1600. The van der Waals surface area contributed by atoms with Crippen molar-refractivity contribution in [2.24, 2.45) is 0 Å². The van der Waals surface area contributed by atoms with Crippen molar-refractivity contribution < 1.29 is 26.7 Å². The zero-order chi connectivity index (χ0) is 27.6. The Labute approximate surface area is 219 Å². The molecule has 0 N–H and O–H groups in total. The van der Waals surface area contributed by atoms with Crippen molar-refractivity contribution in [1.29, 1.82) is 5.26 Å². The van der Waals surface area contributed by atoms with Gasteiger partial charge in [-0.25, -0.2) is 8.78 Å². The van der Waals surface area contributed by atoms with Gasteiger partial charge in [-0.3, -0.25) is 4.79 Å². The number of aryl methyl sites for hydroxylation is 1. The van der Waals surface area contributed by atoms with Crippen LogP contribution in [0.2, 0.25) is 0 Å². The highest BCUT2D eigenvalue weighted by Crippen LogP contribution is 2.38. The number of alkyl halides is 3. The largest absolute Gasteiger partial charge is 0.494 e. The number of hydrogen-bond donors (Lipinski definition) is 0. The third-order valence-electron chi connectivity index (χ3n) is 5.93. The lowest BCUT2D eigenvalue weighted by molar-refractivity contribution is -0.137. The van der Waals surface area contributed by atoms with Crippen LogP contribution in [-0.2, 0) is 19.1 Å². The standard InChI is InChI=1S/C28H21F5N2O2S/c1-3-16-7-18(9-21(8-16)37-4-2)19-10-26(38-15-19)25-12-23(28(31,32)33)22(13-34)27(36)35(25)14-17-5-6-20(29)11-24(17)30/h5-12,15H,3-4,14H2,1-2H3. The fourth-order valence-electron chi connectivity index (χ4n) is 4.06. The lowest BCUT2D eigenvalue weighted by Crippen LogP contribution is -2.28. The maximum absolute atomic E-state index is 14.4. The highest BCUT2D eigenvalue weighted by atomic mass is 32.1. The molecule has 2 heterocycles. The van der Waals surface area contributed by atoms with E-state index < -0.39 is 41.0 Å². The van der Waals surface area contributed by atoms with Gasteiger partial charge in [0.05, 0.1) is 29.3 Å². The van der Waals surface area contributed by atoms with Crippen LogP contribution in [0.15, 0.2) is 58.7 Å². The van der Waals surface area contributed by atoms with E-state index in [0.29, 0.717) is 28.9 Å². The monoisotopic (exact) mass is 544 g/mol. The minimum absolute atomic E-state index is 0.118. The van der Waals surface area contributed by atoms with Crippen LogP contribution in [0, 0.1) is 23.0 Å². The molecule has 2 aromatic heterocycles. The molecular formula is C28H21F5N2O2S. The van der Waals surface area contributed by atoms with Gasteiger partial charge in [-0.05, 0) is 65.7 Å². The zero-order valence-electron chi connectivity index (χ0n) is 20.3. The highest BCUT2D eigenvalue weighted by Gasteiger charge is 2.36. The summed E-state index contributed by atoms with van der Waals surface area (Å²) in [5.41, 5.74) is -1.49. The molecule has 4 nitrogen and oxygen atoms in total. The second kappa shape index (κ2) is 10.8. The quantitative estimate of drug-likeness (QED) is 0.228. The molecule has 0 fully saturated rings. The Kier molecular flexibility index (Phi) is 7.69. The Morgan fingerprint density at radius 1 is 1.03 bits per heavy atom. The zero-order valence-corrected chi connectivity index (χ0v) is 21.1. The molecule has 0 aliphatic carbocycles. The van der Waals surface area contributed by atoms with E-state index in [4.69, 9.17) is 4.74 Å². The Morgan fingerprint density at radius 3 is 2.42 bits per heavy atom. The number of halogens is 5. The van der Waals surface area contributed by atoms with E-state index in [-0.39, 0.29) is 11.3 Å². The fourth-order valence-corrected chi connectivity index (χ4v) is 5.01. The normalized spacial score (nSPS) is 11.4. The summed E-state index contributed by atoms with van der Waals surface area (Å²) < 4.78 is 75.9. The summed E-state index contributed by atoms with van der Waals surface area (Å²) in [4.78, 5) is 13.5. The van der Waals surface area contributed by atoms with E-state index in [1.54, 1.807) is 11.4 Å². The van der Waals surface area contributed by atoms with Gasteiger partial charge < -0.3 is 9.30 Å². The molecule has 0 spiro atoms. The summed E-state index contributed by atoms with van der Waals surface area (Å²) in [6.45, 7) is 3.79. The summed E-state index contributed by atoms with van der Waals surface area (Å²) in [6, 6.07) is 12.1. The fraction of sp³-hybridized carbons (Fsp3) is 0.214. The molecule has 0 saturated heterocycles. The second-order valence-electron chi connectivity index (χ2n) is 8.41. The van der Waals surface area contributed by atoms with Crippen LogP contribution in [0.5, 0.6) is 5.75 Å². The summed E-state index contributed by atoms with van der Waals surface area (Å²) in [5, 5.41) is 11.1.